The van der Waals surface area contributed by atoms with Crippen LogP contribution in [-0.2, 0) is 12.8 Å². The molecule has 0 aliphatic rings. The molecule has 0 saturated carbocycles. The first-order valence-electron chi connectivity index (χ1n) is 9.73. The van der Waals surface area contributed by atoms with Crippen LogP contribution in [0.25, 0.3) is 5.65 Å². The Balaban J connectivity index is 1.35. The highest BCUT2D eigenvalue weighted by molar-refractivity contribution is 5.99. The third-order valence-electron chi connectivity index (χ3n) is 4.57. The van der Waals surface area contributed by atoms with Gasteiger partial charge in [-0.2, -0.15) is 13.2 Å². The maximum atomic E-state index is 12.8. The number of urea groups is 1. The van der Waals surface area contributed by atoms with Gasteiger partial charge in [0.25, 0.3) is 5.56 Å². The summed E-state index contributed by atoms with van der Waals surface area (Å²) in [5, 5.41) is 4.90. The van der Waals surface area contributed by atoms with Crippen molar-refractivity contribution >= 4 is 23.1 Å². The average Bonchev–Trinajstić information content (AvgIpc) is 2.78. The summed E-state index contributed by atoms with van der Waals surface area (Å²) < 4.78 is 45.4. The summed E-state index contributed by atoms with van der Waals surface area (Å²) >= 11 is 0. The van der Waals surface area contributed by atoms with Crippen LogP contribution >= 0.6 is 0 Å². The third kappa shape index (κ3) is 5.48. The summed E-state index contributed by atoms with van der Waals surface area (Å²) in [6.45, 7) is 0.0729. The number of carbonyl (C=O) groups is 1. The largest absolute Gasteiger partial charge is 0.487 e. The van der Waals surface area contributed by atoms with E-state index in [1.807, 2.05) is 0 Å². The number of ether oxygens (including phenoxy) is 1. The van der Waals surface area contributed by atoms with Gasteiger partial charge in [0, 0.05) is 23.6 Å². The number of aromatic nitrogens is 2. The number of benzene rings is 2. The van der Waals surface area contributed by atoms with Crippen molar-refractivity contribution in [2.24, 2.45) is 0 Å². The van der Waals surface area contributed by atoms with E-state index >= 15 is 0 Å². The number of anilines is 2. The van der Waals surface area contributed by atoms with Crippen molar-refractivity contribution in [3.63, 3.8) is 0 Å². The van der Waals surface area contributed by atoms with Crippen molar-refractivity contribution in [1.29, 1.82) is 0 Å². The van der Waals surface area contributed by atoms with E-state index in [0.29, 0.717) is 22.8 Å². The zero-order valence-corrected chi connectivity index (χ0v) is 17.0. The Labute approximate surface area is 185 Å². The van der Waals surface area contributed by atoms with Gasteiger partial charge in [-0.15, -0.1) is 0 Å². The Morgan fingerprint density at radius 2 is 1.70 bits per heavy atom. The van der Waals surface area contributed by atoms with Crippen molar-refractivity contribution in [2.75, 3.05) is 10.6 Å². The number of alkyl halides is 3. The molecule has 2 N–H and O–H groups in total. The molecule has 4 aromatic rings. The van der Waals surface area contributed by atoms with E-state index in [2.05, 4.69) is 15.6 Å². The smallest absolute Gasteiger partial charge is 0.416 e. The number of hydrogen-bond donors (Lipinski definition) is 2. The second kappa shape index (κ2) is 9.03. The van der Waals surface area contributed by atoms with Crippen molar-refractivity contribution < 1.29 is 22.7 Å². The molecule has 0 fully saturated rings. The fourth-order valence-corrected chi connectivity index (χ4v) is 3.04. The number of nitrogens with zero attached hydrogens (tertiary/aromatic N) is 2. The lowest BCUT2D eigenvalue weighted by atomic mass is 10.2. The molecule has 0 aliphatic heterocycles. The second-order valence-electron chi connectivity index (χ2n) is 6.99. The van der Waals surface area contributed by atoms with Crippen LogP contribution in [-0.4, -0.2) is 15.4 Å². The summed E-state index contributed by atoms with van der Waals surface area (Å²) in [7, 11) is 0. The molecule has 2 heterocycles. The van der Waals surface area contributed by atoms with Crippen LogP contribution in [0.4, 0.5) is 29.3 Å². The molecule has 0 atom stereocenters. The molecule has 0 radical (unpaired) electrons. The highest BCUT2D eigenvalue weighted by Gasteiger charge is 2.30. The van der Waals surface area contributed by atoms with Crippen LogP contribution in [0.1, 0.15) is 11.3 Å². The maximum Gasteiger partial charge on any atom is 0.416 e. The first-order chi connectivity index (χ1) is 15.8. The van der Waals surface area contributed by atoms with Gasteiger partial charge in [-0.25, -0.2) is 9.78 Å². The Morgan fingerprint density at radius 1 is 0.939 bits per heavy atom. The maximum absolute atomic E-state index is 12.8. The number of hydrogen-bond acceptors (Lipinski definition) is 4. The summed E-state index contributed by atoms with van der Waals surface area (Å²) in [6, 6.07) is 16.6. The van der Waals surface area contributed by atoms with Crippen LogP contribution in [0.15, 0.2) is 83.8 Å². The quantitative estimate of drug-likeness (QED) is 0.448. The minimum atomic E-state index is -4.50. The first kappa shape index (κ1) is 21.9. The summed E-state index contributed by atoms with van der Waals surface area (Å²) in [5.41, 5.74) is 0.328. The first-order valence-corrected chi connectivity index (χ1v) is 9.73. The summed E-state index contributed by atoms with van der Waals surface area (Å²) in [6.07, 6.45) is -2.87. The minimum absolute atomic E-state index is 0.0149. The lowest BCUT2D eigenvalue weighted by Gasteiger charge is -2.11. The molecule has 2 aromatic carbocycles. The van der Waals surface area contributed by atoms with Gasteiger partial charge in [-0.3, -0.25) is 9.20 Å². The van der Waals surface area contributed by atoms with Gasteiger partial charge in [0.1, 0.15) is 18.0 Å². The monoisotopic (exact) mass is 454 g/mol. The van der Waals surface area contributed by atoms with Crippen molar-refractivity contribution in [1.82, 2.24) is 9.38 Å². The fraction of sp³-hybridized carbons (Fsp3) is 0.0870. The normalized spacial score (nSPS) is 11.2. The third-order valence-corrected chi connectivity index (χ3v) is 4.57. The fourth-order valence-electron chi connectivity index (χ4n) is 3.04. The zero-order valence-electron chi connectivity index (χ0n) is 17.0. The van der Waals surface area contributed by atoms with Gasteiger partial charge in [0.05, 0.1) is 11.3 Å². The van der Waals surface area contributed by atoms with Gasteiger partial charge in [0.15, 0.2) is 0 Å². The van der Waals surface area contributed by atoms with Crippen molar-refractivity contribution in [2.45, 2.75) is 12.8 Å². The summed E-state index contributed by atoms with van der Waals surface area (Å²) in [4.78, 5) is 28.6. The lowest BCUT2D eigenvalue weighted by Crippen LogP contribution is -2.19. The van der Waals surface area contributed by atoms with Gasteiger partial charge >= 0.3 is 12.2 Å². The minimum Gasteiger partial charge on any atom is -0.487 e. The number of amides is 2. The van der Waals surface area contributed by atoms with E-state index in [4.69, 9.17) is 4.74 Å². The Hall–Kier alpha value is -4.34. The highest BCUT2D eigenvalue weighted by Crippen LogP contribution is 2.30. The molecule has 2 amide bonds. The number of halogens is 3. The molecule has 0 saturated heterocycles. The molecular formula is C23H17F3N4O3. The molecule has 0 spiro atoms. The number of rotatable bonds is 5. The van der Waals surface area contributed by atoms with Gasteiger partial charge < -0.3 is 15.4 Å². The number of carbonyl (C=O) groups excluding carboxylic acids is 1. The number of fused-ring (bicyclic) bond motifs is 1. The van der Waals surface area contributed by atoms with Crippen LogP contribution in [0.5, 0.6) is 5.75 Å². The number of nitrogens with one attached hydrogen (secondary N) is 2. The number of pyridine rings is 1. The van der Waals surface area contributed by atoms with Crippen molar-refractivity contribution in [3.8, 4) is 5.75 Å². The average molecular weight is 454 g/mol. The predicted molar refractivity (Wildman–Crippen MR) is 116 cm³/mol. The van der Waals surface area contributed by atoms with E-state index in [0.717, 1.165) is 12.1 Å². The van der Waals surface area contributed by atoms with E-state index in [1.165, 1.54) is 22.6 Å². The molecule has 0 unspecified atom stereocenters. The molecule has 168 valence electrons. The zero-order chi connectivity index (χ0) is 23.4. The lowest BCUT2D eigenvalue weighted by molar-refractivity contribution is -0.137. The molecule has 2 aromatic heterocycles. The van der Waals surface area contributed by atoms with E-state index < -0.39 is 17.8 Å². The van der Waals surface area contributed by atoms with E-state index in [1.54, 1.807) is 48.7 Å². The van der Waals surface area contributed by atoms with Crippen LogP contribution in [0.2, 0.25) is 0 Å². The van der Waals surface area contributed by atoms with E-state index in [-0.39, 0.29) is 17.9 Å². The molecular weight excluding hydrogens is 437 g/mol. The molecule has 4 rings (SSSR count). The SMILES string of the molecule is O=C(Nc1ccc(OCc2cc(=O)n3ccccc3n2)cc1)Nc1cccc(C(F)(F)F)c1. The standard InChI is InChI=1S/C23H17F3N4O3/c24-23(25,26)15-4-3-5-17(12-15)29-22(32)28-16-7-9-19(10-8-16)33-14-18-13-21(31)30-11-2-1-6-20(30)27-18/h1-13H,14H2,(H2,28,29,32). The Kier molecular flexibility index (Phi) is 5.99. The van der Waals surface area contributed by atoms with Crippen LogP contribution in [0, 0.1) is 0 Å². The van der Waals surface area contributed by atoms with Crippen molar-refractivity contribution in [3.05, 3.63) is 101 Å². The Bertz CT molecular complexity index is 1350. The van der Waals surface area contributed by atoms with Crippen LogP contribution < -0.4 is 20.9 Å². The molecule has 0 bridgehead atoms. The highest BCUT2D eigenvalue weighted by atomic mass is 19.4. The van der Waals surface area contributed by atoms with E-state index in [9.17, 15) is 22.8 Å². The summed E-state index contributed by atoms with van der Waals surface area (Å²) in [5.74, 6) is 0.480. The molecule has 33 heavy (non-hydrogen) atoms. The van der Waals surface area contributed by atoms with Gasteiger partial charge in [0.2, 0.25) is 0 Å². The topological polar surface area (TPSA) is 84.7 Å². The van der Waals surface area contributed by atoms with Gasteiger partial charge in [-0.05, 0) is 54.6 Å². The second-order valence-corrected chi connectivity index (χ2v) is 6.99. The predicted octanol–water partition coefficient (Wildman–Crippen LogP) is 4.94. The van der Waals surface area contributed by atoms with Gasteiger partial charge in [-0.1, -0.05) is 12.1 Å². The van der Waals surface area contributed by atoms with Crippen LogP contribution in [0.3, 0.4) is 0 Å². The molecule has 7 nitrogen and oxygen atoms in total. The molecule has 10 heteroatoms. The molecule has 0 aliphatic carbocycles. The Morgan fingerprint density at radius 3 is 2.45 bits per heavy atom.